The van der Waals surface area contributed by atoms with Gasteiger partial charge < -0.3 is 10.3 Å². The van der Waals surface area contributed by atoms with E-state index < -0.39 is 0 Å². The number of para-hydroxylation sites is 1. The highest BCUT2D eigenvalue weighted by Crippen LogP contribution is 2.23. The Hall–Kier alpha value is -1.32. The molecule has 0 saturated carbocycles. The molecule has 2 heterocycles. The van der Waals surface area contributed by atoms with Gasteiger partial charge >= 0.3 is 0 Å². The Kier molecular flexibility index (Phi) is 2.65. The number of nitrogens with zero attached hydrogens (tertiary/aromatic N) is 2. The first kappa shape index (κ1) is 10.8. The highest BCUT2D eigenvalue weighted by atomic mass is 15.2. The fourth-order valence-corrected chi connectivity index (χ4v) is 2.69. The zero-order chi connectivity index (χ0) is 11.8. The van der Waals surface area contributed by atoms with Crippen LogP contribution in [-0.4, -0.2) is 28.6 Å². The van der Waals surface area contributed by atoms with Crippen LogP contribution >= 0.6 is 0 Å². The molecule has 0 atom stereocenters. The zero-order valence-electron chi connectivity index (χ0n) is 10.3. The van der Waals surface area contributed by atoms with E-state index >= 15 is 0 Å². The van der Waals surface area contributed by atoms with Crippen molar-refractivity contribution >= 4 is 10.9 Å². The Morgan fingerprint density at radius 3 is 2.76 bits per heavy atom. The number of rotatable bonds is 3. The first-order chi connectivity index (χ1) is 8.28. The predicted molar refractivity (Wildman–Crippen MR) is 70.9 cm³/mol. The van der Waals surface area contributed by atoms with Crippen molar-refractivity contribution in [2.45, 2.75) is 26.1 Å². The standard InChI is InChI=1S/C14H19N3/c1-2-17-8-11(7-16-9-12(15)10-16)13-5-3-4-6-14(13)17/h3-6,8,12H,2,7,9-10,15H2,1H3. The number of benzene rings is 1. The van der Waals surface area contributed by atoms with Crippen molar-refractivity contribution in [3.63, 3.8) is 0 Å². The predicted octanol–water partition coefficient (Wildman–Crippen LogP) is 1.80. The van der Waals surface area contributed by atoms with Gasteiger partial charge in [-0.3, -0.25) is 4.90 Å². The van der Waals surface area contributed by atoms with E-state index in [4.69, 9.17) is 5.73 Å². The van der Waals surface area contributed by atoms with Crippen LogP contribution in [0, 0.1) is 0 Å². The number of fused-ring (bicyclic) bond motifs is 1. The van der Waals surface area contributed by atoms with Crippen LogP contribution in [0.15, 0.2) is 30.5 Å². The van der Waals surface area contributed by atoms with Crippen LogP contribution in [0.2, 0.25) is 0 Å². The van der Waals surface area contributed by atoms with Crippen LogP contribution in [0.1, 0.15) is 12.5 Å². The van der Waals surface area contributed by atoms with Crippen molar-refractivity contribution in [2.24, 2.45) is 5.73 Å². The summed E-state index contributed by atoms with van der Waals surface area (Å²) in [5, 5.41) is 1.38. The summed E-state index contributed by atoms with van der Waals surface area (Å²) in [5.41, 5.74) is 8.59. The maximum Gasteiger partial charge on any atom is 0.0483 e. The summed E-state index contributed by atoms with van der Waals surface area (Å²) >= 11 is 0. The maximum absolute atomic E-state index is 5.82. The molecular formula is C14H19N3. The van der Waals surface area contributed by atoms with Crippen LogP contribution in [-0.2, 0) is 13.1 Å². The van der Waals surface area contributed by atoms with E-state index in [0.717, 1.165) is 26.2 Å². The number of aryl methyl sites for hydroxylation is 1. The van der Waals surface area contributed by atoms with Crippen LogP contribution in [0.3, 0.4) is 0 Å². The first-order valence-electron chi connectivity index (χ1n) is 6.32. The number of nitrogens with two attached hydrogens (primary N) is 1. The molecule has 2 aromatic rings. The van der Waals surface area contributed by atoms with Crippen LogP contribution in [0.25, 0.3) is 10.9 Å². The molecule has 0 amide bonds. The van der Waals surface area contributed by atoms with Gasteiger partial charge in [0.1, 0.15) is 0 Å². The number of aromatic nitrogens is 1. The van der Waals surface area contributed by atoms with E-state index in [0.29, 0.717) is 6.04 Å². The zero-order valence-corrected chi connectivity index (χ0v) is 10.3. The van der Waals surface area contributed by atoms with Gasteiger partial charge in [-0.2, -0.15) is 0 Å². The molecule has 0 aliphatic carbocycles. The molecule has 3 nitrogen and oxygen atoms in total. The first-order valence-corrected chi connectivity index (χ1v) is 6.32. The molecule has 1 aliphatic rings. The third-order valence-corrected chi connectivity index (χ3v) is 3.59. The molecule has 1 saturated heterocycles. The van der Waals surface area contributed by atoms with Gasteiger partial charge in [-0.25, -0.2) is 0 Å². The highest BCUT2D eigenvalue weighted by molar-refractivity contribution is 5.83. The number of hydrogen-bond acceptors (Lipinski definition) is 2. The third-order valence-electron chi connectivity index (χ3n) is 3.59. The van der Waals surface area contributed by atoms with E-state index in [1.165, 1.54) is 16.5 Å². The quantitative estimate of drug-likeness (QED) is 0.871. The number of hydrogen-bond donors (Lipinski definition) is 1. The largest absolute Gasteiger partial charge is 0.347 e. The highest BCUT2D eigenvalue weighted by Gasteiger charge is 2.23. The van der Waals surface area contributed by atoms with E-state index in [-0.39, 0.29) is 0 Å². The fourth-order valence-electron chi connectivity index (χ4n) is 2.69. The van der Waals surface area contributed by atoms with E-state index in [1.54, 1.807) is 0 Å². The summed E-state index contributed by atoms with van der Waals surface area (Å²) in [7, 11) is 0. The Morgan fingerprint density at radius 1 is 1.29 bits per heavy atom. The van der Waals surface area contributed by atoms with E-state index in [1.807, 2.05) is 0 Å². The van der Waals surface area contributed by atoms with E-state index in [9.17, 15) is 0 Å². The van der Waals surface area contributed by atoms with Gasteiger partial charge in [0.2, 0.25) is 0 Å². The summed E-state index contributed by atoms with van der Waals surface area (Å²) in [6.45, 7) is 6.31. The molecule has 2 N–H and O–H groups in total. The summed E-state index contributed by atoms with van der Waals surface area (Å²) < 4.78 is 2.32. The molecule has 1 aromatic carbocycles. The average Bonchev–Trinajstić information content (AvgIpc) is 2.66. The maximum atomic E-state index is 5.82. The van der Waals surface area contributed by atoms with Crippen molar-refractivity contribution in [1.29, 1.82) is 0 Å². The van der Waals surface area contributed by atoms with Crippen molar-refractivity contribution in [2.75, 3.05) is 13.1 Å². The van der Waals surface area contributed by atoms with Crippen molar-refractivity contribution < 1.29 is 0 Å². The minimum Gasteiger partial charge on any atom is -0.347 e. The van der Waals surface area contributed by atoms with Gasteiger partial charge in [0.15, 0.2) is 0 Å². The van der Waals surface area contributed by atoms with Crippen molar-refractivity contribution in [3.8, 4) is 0 Å². The van der Waals surface area contributed by atoms with E-state index in [2.05, 4.69) is 46.9 Å². The van der Waals surface area contributed by atoms with Crippen LogP contribution in [0.5, 0.6) is 0 Å². The molecule has 0 bridgehead atoms. The molecule has 1 aromatic heterocycles. The SMILES string of the molecule is CCn1cc(CN2CC(N)C2)c2ccccc21. The molecule has 90 valence electrons. The molecular weight excluding hydrogens is 210 g/mol. The second kappa shape index (κ2) is 4.17. The van der Waals surface area contributed by atoms with Crippen molar-refractivity contribution in [1.82, 2.24) is 9.47 Å². The Bertz CT molecular complexity index is 523. The monoisotopic (exact) mass is 229 g/mol. The van der Waals surface area contributed by atoms with Gasteiger partial charge in [0.25, 0.3) is 0 Å². The lowest BCUT2D eigenvalue weighted by Gasteiger charge is -2.36. The Morgan fingerprint density at radius 2 is 2.06 bits per heavy atom. The summed E-state index contributed by atoms with van der Waals surface area (Å²) in [6, 6.07) is 9.03. The normalized spacial score (nSPS) is 17.5. The van der Waals surface area contributed by atoms with Gasteiger partial charge in [-0.1, -0.05) is 18.2 Å². The smallest absolute Gasteiger partial charge is 0.0483 e. The van der Waals surface area contributed by atoms with Gasteiger partial charge in [0.05, 0.1) is 0 Å². The average molecular weight is 229 g/mol. The van der Waals surface area contributed by atoms with Gasteiger partial charge in [-0.15, -0.1) is 0 Å². The Labute approximate surface area is 102 Å². The van der Waals surface area contributed by atoms with Gasteiger partial charge in [0, 0.05) is 49.3 Å². The molecule has 17 heavy (non-hydrogen) atoms. The van der Waals surface area contributed by atoms with Gasteiger partial charge in [-0.05, 0) is 18.6 Å². The topological polar surface area (TPSA) is 34.2 Å². The molecule has 0 unspecified atom stereocenters. The Balaban J connectivity index is 1.93. The lowest BCUT2D eigenvalue weighted by atomic mass is 10.1. The molecule has 3 heteroatoms. The lowest BCUT2D eigenvalue weighted by molar-refractivity contribution is 0.143. The second-order valence-corrected chi connectivity index (χ2v) is 4.91. The summed E-state index contributed by atoms with van der Waals surface area (Å²) in [4.78, 5) is 2.41. The minimum absolute atomic E-state index is 0.384. The third kappa shape index (κ3) is 1.85. The fraction of sp³-hybridized carbons (Fsp3) is 0.429. The molecule has 1 fully saturated rings. The van der Waals surface area contributed by atoms with Crippen LogP contribution in [0.4, 0.5) is 0 Å². The molecule has 0 radical (unpaired) electrons. The summed E-state index contributed by atoms with van der Waals surface area (Å²) in [6.07, 6.45) is 2.29. The molecule has 0 spiro atoms. The minimum atomic E-state index is 0.384. The second-order valence-electron chi connectivity index (χ2n) is 4.91. The van der Waals surface area contributed by atoms with Crippen molar-refractivity contribution in [3.05, 3.63) is 36.0 Å². The lowest BCUT2D eigenvalue weighted by Crippen LogP contribution is -2.54. The summed E-state index contributed by atoms with van der Waals surface area (Å²) in [5.74, 6) is 0. The number of likely N-dealkylation sites (tertiary alicyclic amines) is 1. The van der Waals surface area contributed by atoms with Crippen LogP contribution < -0.4 is 5.73 Å². The molecule has 1 aliphatic heterocycles. The molecule has 3 rings (SSSR count).